The maximum atomic E-state index is 6.80. The van der Waals surface area contributed by atoms with E-state index < -0.39 is 0 Å². The van der Waals surface area contributed by atoms with Crippen LogP contribution in [0.15, 0.2) is 12.1 Å². The van der Waals surface area contributed by atoms with Gasteiger partial charge in [0.15, 0.2) is 0 Å². The highest BCUT2D eigenvalue weighted by Crippen LogP contribution is 2.48. The summed E-state index contributed by atoms with van der Waals surface area (Å²) in [5, 5.41) is -0.0895. The summed E-state index contributed by atoms with van der Waals surface area (Å²) >= 11 is 6.80. The van der Waals surface area contributed by atoms with Crippen LogP contribution in [0.4, 0.5) is 0 Å². The molecule has 1 saturated carbocycles. The summed E-state index contributed by atoms with van der Waals surface area (Å²) in [5.41, 5.74) is 0.946. The zero-order valence-electron chi connectivity index (χ0n) is 13.3. The van der Waals surface area contributed by atoms with E-state index in [0.29, 0.717) is 11.7 Å². The van der Waals surface area contributed by atoms with Gasteiger partial charge in [-0.15, -0.1) is 11.6 Å². The van der Waals surface area contributed by atoms with E-state index in [1.54, 1.807) is 21.3 Å². The van der Waals surface area contributed by atoms with Crippen LogP contribution in [-0.2, 0) is 0 Å². The Hall–Kier alpha value is -1.09. The largest absolute Gasteiger partial charge is 0.496 e. The molecule has 0 spiro atoms. The molecule has 1 aromatic carbocycles. The van der Waals surface area contributed by atoms with Crippen molar-refractivity contribution in [3.63, 3.8) is 0 Å². The molecule has 0 heterocycles. The predicted octanol–water partition coefficient (Wildman–Crippen LogP) is 4.82. The number of methoxy groups -OCH3 is 3. The van der Waals surface area contributed by atoms with Gasteiger partial charge in [-0.05, 0) is 24.7 Å². The molecule has 1 aromatic rings. The minimum Gasteiger partial charge on any atom is -0.496 e. The second-order valence-electron chi connectivity index (χ2n) is 5.87. The van der Waals surface area contributed by atoms with E-state index in [-0.39, 0.29) is 5.38 Å². The van der Waals surface area contributed by atoms with Crippen LogP contribution in [0.25, 0.3) is 0 Å². The summed E-state index contributed by atoms with van der Waals surface area (Å²) < 4.78 is 16.3. The van der Waals surface area contributed by atoms with Crippen molar-refractivity contribution < 1.29 is 14.2 Å². The van der Waals surface area contributed by atoms with E-state index in [2.05, 4.69) is 6.92 Å². The van der Waals surface area contributed by atoms with Crippen molar-refractivity contribution in [1.82, 2.24) is 0 Å². The van der Waals surface area contributed by atoms with Crippen LogP contribution >= 0.6 is 11.6 Å². The van der Waals surface area contributed by atoms with Crippen LogP contribution in [-0.4, -0.2) is 21.3 Å². The zero-order valence-corrected chi connectivity index (χ0v) is 14.1. The van der Waals surface area contributed by atoms with E-state index >= 15 is 0 Å². The van der Waals surface area contributed by atoms with Crippen molar-refractivity contribution in [1.29, 1.82) is 0 Å². The first kappa shape index (κ1) is 16.3. The Balaban J connectivity index is 2.32. The first-order chi connectivity index (χ1) is 10.1. The Bertz CT molecular complexity index is 442. The molecule has 118 valence electrons. The Morgan fingerprint density at radius 1 is 0.952 bits per heavy atom. The van der Waals surface area contributed by atoms with Crippen molar-refractivity contribution in [3.05, 3.63) is 17.7 Å². The zero-order chi connectivity index (χ0) is 15.4. The lowest BCUT2D eigenvalue weighted by Crippen LogP contribution is -2.17. The van der Waals surface area contributed by atoms with Crippen molar-refractivity contribution >= 4 is 11.6 Å². The fourth-order valence-electron chi connectivity index (χ4n) is 3.12. The average Bonchev–Trinajstić information content (AvgIpc) is 2.53. The van der Waals surface area contributed by atoms with E-state index in [4.69, 9.17) is 25.8 Å². The van der Waals surface area contributed by atoms with Gasteiger partial charge in [-0.25, -0.2) is 0 Å². The highest BCUT2D eigenvalue weighted by molar-refractivity contribution is 6.21. The highest BCUT2D eigenvalue weighted by Gasteiger charge is 2.30. The maximum Gasteiger partial charge on any atom is 0.130 e. The molecule has 3 nitrogen and oxygen atoms in total. The minimum atomic E-state index is -0.0895. The Morgan fingerprint density at radius 3 is 1.90 bits per heavy atom. The first-order valence-corrected chi connectivity index (χ1v) is 7.98. The van der Waals surface area contributed by atoms with E-state index in [9.17, 15) is 0 Å². The lowest BCUT2D eigenvalue weighted by molar-refractivity contribution is 0.276. The molecule has 4 heteroatoms. The van der Waals surface area contributed by atoms with Crippen molar-refractivity contribution in [2.75, 3.05) is 21.3 Å². The third kappa shape index (κ3) is 3.57. The van der Waals surface area contributed by atoms with Crippen molar-refractivity contribution in [3.8, 4) is 17.2 Å². The molecule has 1 unspecified atom stereocenters. The van der Waals surface area contributed by atoms with Gasteiger partial charge in [0.2, 0.25) is 0 Å². The topological polar surface area (TPSA) is 27.7 Å². The first-order valence-electron chi connectivity index (χ1n) is 7.54. The van der Waals surface area contributed by atoms with Gasteiger partial charge < -0.3 is 14.2 Å². The molecule has 1 aliphatic rings. The summed E-state index contributed by atoms with van der Waals surface area (Å²) in [5.74, 6) is 3.48. The number of hydrogen-bond acceptors (Lipinski definition) is 3. The molecule has 21 heavy (non-hydrogen) atoms. The number of benzene rings is 1. The smallest absolute Gasteiger partial charge is 0.130 e. The van der Waals surface area contributed by atoms with E-state index in [1.807, 2.05) is 12.1 Å². The molecule has 2 rings (SSSR count). The molecule has 0 amide bonds. The van der Waals surface area contributed by atoms with Gasteiger partial charge in [0, 0.05) is 12.1 Å². The second kappa shape index (κ2) is 7.26. The SMILES string of the molecule is COc1cc(OC)c(C(Cl)C2CCC(C)CC2)c(OC)c1. The van der Waals surface area contributed by atoms with Gasteiger partial charge in [0.25, 0.3) is 0 Å². The van der Waals surface area contributed by atoms with Gasteiger partial charge in [-0.2, -0.15) is 0 Å². The third-order valence-corrected chi connectivity index (χ3v) is 5.08. The van der Waals surface area contributed by atoms with Gasteiger partial charge in [-0.1, -0.05) is 19.8 Å². The van der Waals surface area contributed by atoms with Gasteiger partial charge in [-0.3, -0.25) is 0 Å². The fourth-order valence-corrected chi connectivity index (χ4v) is 3.59. The van der Waals surface area contributed by atoms with Crippen LogP contribution in [0.2, 0.25) is 0 Å². The van der Waals surface area contributed by atoms with E-state index in [1.165, 1.54) is 12.8 Å². The molecular weight excluding hydrogens is 288 g/mol. The van der Waals surface area contributed by atoms with Crippen LogP contribution < -0.4 is 14.2 Å². The third-order valence-electron chi connectivity index (χ3n) is 4.50. The Kier molecular flexibility index (Phi) is 5.63. The summed E-state index contributed by atoms with van der Waals surface area (Å²) in [6.45, 7) is 2.31. The molecule has 1 atom stereocenters. The van der Waals surface area contributed by atoms with Crippen LogP contribution in [0.3, 0.4) is 0 Å². The normalized spacial score (nSPS) is 23.5. The fraction of sp³-hybridized carbons (Fsp3) is 0.647. The molecule has 1 aliphatic carbocycles. The maximum absolute atomic E-state index is 6.80. The number of hydrogen-bond donors (Lipinski definition) is 0. The molecule has 0 N–H and O–H groups in total. The Labute approximate surface area is 132 Å². The molecule has 0 radical (unpaired) electrons. The highest BCUT2D eigenvalue weighted by atomic mass is 35.5. The number of rotatable bonds is 5. The van der Waals surface area contributed by atoms with Gasteiger partial charge in [0.1, 0.15) is 17.2 Å². The van der Waals surface area contributed by atoms with Crippen LogP contribution in [0, 0.1) is 11.8 Å². The molecular formula is C17H25ClO3. The monoisotopic (exact) mass is 312 g/mol. The molecule has 0 aromatic heterocycles. The Morgan fingerprint density at radius 2 is 1.48 bits per heavy atom. The van der Waals surface area contributed by atoms with Crippen LogP contribution in [0.1, 0.15) is 43.5 Å². The lowest BCUT2D eigenvalue weighted by Gasteiger charge is -2.31. The predicted molar refractivity (Wildman–Crippen MR) is 85.8 cm³/mol. The summed E-state index contributed by atoms with van der Waals surface area (Å²) in [6.07, 6.45) is 4.81. The summed E-state index contributed by atoms with van der Waals surface area (Å²) in [7, 11) is 4.95. The standard InChI is InChI=1S/C17H25ClO3/c1-11-5-7-12(8-6-11)17(18)16-14(20-3)9-13(19-2)10-15(16)21-4/h9-12,17H,5-8H2,1-4H3. The molecule has 1 fully saturated rings. The van der Waals surface area contributed by atoms with Crippen molar-refractivity contribution in [2.45, 2.75) is 38.0 Å². The van der Waals surface area contributed by atoms with Gasteiger partial charge >= 0.3 is 0 Å². The molecule has 0 aliphatic heterocycles. The molecule has 0 saturated heterocycles. The van der Waals surface area contributed by atoms with E-state index in [0.717, 1.165) is 35.8 Å². The number of alkyl halides is 1. The second-order valence-corrected chi connectivity index (χ2v) is 6.34. The van der Waals surface area contributed by atoms with Gasteiger partial charge in [0.05, 0.1) is 32.3 Å². The minimum absolute atomic E-state index is 0.0895. The summed E-state index contributed by atoms with van der Waals surface area (Å²) in [4.78, 5) is 0. The van der Waals surface area contributed by atoms with Crippen molar-refractivity contribution in [2.24, 2.45) is 11.8 Å². The molecule has 0 bridgehead atoms. The lowest BCUT2D eigenvalue weighted by atomic mass is 9.79. The average molecular weight is 313 g/mol. The number of ether oxygens (including phenoxy) is 3. The van der Waals surface area contributed by atoms with Crippen LogP contribution in [0.5, 0.6) is 17.2 Å². The quantitative estimate of drug-likeness (QED) is 0.730. The number of halogens is 1. The summed E-state index contributed by atoms with van der Waals surface area (Å²) in [6, 6.07) is 3.75.